The van der Waals surface area contributed by atoms with Crippen molar-refractivity contribution < 1.29 is 9.53 Å². The van der Waals surface area contributed by atoms with Crippen LogP contribution in [0.1, 0.15) is 24.6 Å². The van der Waals surface area contributed by atoms with Gasteiger partial charge in [-0.15, -0.1) is 0 Å². The molecule has 6 nitrogen and oxygen atoms in total. The highest BCUT2D eigenvalue weighted by atomic mass is 16.5. The number of para-hydroxylation sites is 2. The van der Waals surface area contributed by atoms with Crippen LogP contribution in [0.2, 0.25) is 0 Å². The maximum atomic E-state index is 12.4. The molecule has 6 heteroatoms. The van der Waals surface area contributed by atoms with E-state index in [9.17, 15) is 4.79 Å². The Morgan fingerprint density at radius 1 is 1.20 bits per heavy atom. The normalized spacial score (nSPS) is 15.8. The van der Waals surface area contributed by atoms with Crippen LogP contribution in [0.15, 0.2) is 42.6 Å². The smallest absolute Gasteiger partial charge is 0.319 e. The Bertz CT molecular complexity index is 707. The van der Waals surface area contributed by atoms with E-state index in [0.29, 0.717) is 18.0 Å². The number of ether oxygens (including phenoxy) is 1. The standard InChI is InChI=1S/C19H26N4O2/c1-22-11-7-9-16(22)17(23-12-5-6-13-23)14-20-19(24)21-15-8-3-4-10-18(15)25-2/h3-4,7-11,17H,5-6,12-14H2,1-2H3,(H2,20,21,24). The Morgan fingerprint density at radius 2 is 1.96 bits per heavy atom. The summed E-state index contributed by atoms with van der Waals surface area (Å²) in [6, 6.07) is 11.5. The minimum absolute atomic E-state index is 0.186. The predicted octanol–water partition coefficient (Wildman–Crippen LogP) is 2.99. The van der Waals surface area contributed by atoms with Gasteiger partial charge in [0.2, 0.25) is 0 Å². The highest BCUT2D eigenvalue weighted by Gasteiger charge is 2.25. The van der Waals surface area contributed by atoms with Gasteiger partial charge in [-0.3, -0.25) is 4.90 Å². The second-order valence-corrected chi connectivity index (χ2v) is 6.34. The van der Waals surface area contributed by atoms with E-state index in [0.717, 1.165) is 13.1 Å². The molecule has 0 saturated carbocycles. The van der Waals surface area contributed by atoms with Crippen molar-refractivity contribution in [1.82, 2.24) is 14.8 Å². The average molecular weight is 342 g/mol. The van der Waals surface area contributed by atoms with Gasteiger partial charge in [0.1, 0.15) is 5.75 Å². The van der Waals surface area contributed by atoms with E-state index in [2.05, 4.69) is 26.2 Å². The van der Waals surface area contributed by atoms with Gasteiger partial charge < -0.3 is 19.9 Å². The van der Waals surface area contributed by atoms with Gasteiger partial charge in [-0.05, 0) is 50.2 Å². The molecule has 134 valence electrons. The van der Waals surface area contributed by atoms with Crippen LogP contribution in [-0.4, -0.2) is 42.2 Å². The fraction of sp³-hybridized carbons (Fsp3) is 0.421. The number of urea groups is 1. The van der Waals surface area contributed by atoms with Gasteiger partial charge in [-0.25, -0.2) is 4.79 Å². The minimum Gasteiger partial charge on any atom is -0.495 e. The third kappa shape index (κ3) is 4.14. The van der Waals surface area contributed by atoms with E-state index in [1.54, 1.807) is 7.11 Å². The van der Waals surface area contributed by atoms with Crippen LogP contribution in [-0.2, 0) is 7.05 Å². The molecule has 0 bridgehead atoms. The molecule has 2 aromatic rings. The number of carbonyl (C=O) groups excluding carboxylic acids is 1. The van der Waals surface area contributed by atoms with Crippen LogP contribution in [0.25, 0.3) is 0 Å². The molecule has 2 amide bonds. The third-order valence-corrected chi connectivity index (χ3v) is 4.72. The van der Waals surface area contributed by atoms with E-state index in [1.165, 1.54) is 18.5 Å². The summed E-state index contributed by atoms with van der Waals surface area (Å²) in [7, 11) is 3.64. The molecule has 1 unspecified atom stereocenters. The first-order valence-corrected chi connectivity index (χ1v) is 8.72. The molecule has 0 spiro atoms. The van der Waals surface area contributed by atoms with Gasteiger partial charge in [0.15, 0.2) is 0 Å². The summed E-state index contributed by atoms with van der Waals surface area (Å²) < 4.78 is 7.40. The number of nitrogens with one attached hydrogen (secondary N) is 2. The monoisotopic (exact) mass is 342 g/mol. The Balaban J connectivity index is 1.64. The van der Waals surface area contributed by atoms with Crippen molar-refractivity contribution in [3.05, 3.63) is 48.3 Å². The quantitative estimate of drug-likeness (QED) is 0.848. The zero-order valence-electron chi connectivity index (χ0n) is 14.9. The van der Waals surface area contributed by atoms with Gasteiger partial charge in [0.05, 0.1) is 18.8 Å². The zero-order chi connectivity index (χ0) is 17.6. The van der Waals surface area contributed by atoms with E-state index < -0.39 is 0 Å². The molecule has 25 heavy (non-hydrogen) atoms. The van der Waals surface area contributed by atoms with Crippen molar-refractivity contribution in [3.8, 4) is 5.75 Å². The Morgan fingerprint density at radius 3 is 2.64 bits per heavy atom. The number of anilines is 1. The van der Waals surface area contributed by atoms with Gasteiger partial charge in [-0.2, -0.15) is 0 Å². The van der Waals surface area contributed by atoms with Gasteiger partial charge in [0, 0.05) is 25.5 Å². The summed E-state index contributed by atoms with van der Waals surface area (Å²) in [5, 5.41) is 5.88. The molecular formula is C19H26N4O2. The number of methoxy groups -OCH3 is 1. The lowest BCUT2D eigenvalue weighted by atomic mass is 10.1. The Labute approximate surface area is 148 Å². The summed E-state index contributed by atoms with van der Waals surface area (Å²) in [4.78, 5) is 14.8. The lowest BCUT2D eigenvalue weighted by Gasteiger charge is -2.28. The number of carbonyl (C=O) groups is 1. The topological polar surface area (TPSA) is 58.5 Å². The number of nitrogens with zero attached hydrogens (tertiary/aromatic N) is 2. The highest BCUT2D eigenvalue weighted by molar-refractivity contribution is 5.90. The molecule has 1 aromatic heterocycles. The van der Waals surface area contributed by atoms with Crippen LogP contribution in [0.5, 0.6) is 5.75 Å². The number of amides is 2. The third-order valence-electron chi connectivity index (χ3n) is 4.72. The molecule has 1 fully saturated rings. The van der Waals surface area contributed by atoms with Crippen molar-refractivity contribution in [2.75, 3.05) is 32.1 Å². The van der Waals surface area contributed by atoms with E-state index in [-0.39, 0.29) is 12.1 Å². The van der Waals surface area contributed by atoms with Gasteiger partial charge in [0.25, 0.3) is 0 Å². The van der Waals surface area contributed by atoms with E-state index in [4.69, 9.17) is 4.74 Å². The fourth-order valence-electron chi connectivity index (χ4n) is 3.40. The largest absolute Gasteiger partial charge is 0.495 e. The van der Waals surface area contributed by atoms with Crippen molar-refractivity contribution in [2.45, 2.75) is 18.9 Å². The molecule has 2 N–H and O–H groups in total. The molecule has 1 atom stereocenters. The first-order valence-electron chi connectivity index (χ1n) is 8.72. The molecule has 2 heterocycles. The number of benzene rings is 1. The second kappa shape index (κ2) is 8.07. The van der Waals surface area contributed by atoms with Crippen molar-refractivity contribution in [1.29, 1.82) is 0 Å². The molecule has 3 rings (SSSR count). The highest BCUT2D eigenvalue weighted by Crippen LogP contribution is 2.25. The van der Waals surface area contributed by atoms with Crippen molar-refractivity contribution in [2.24, 2.45) is 7.05 Å². The number of rotatable bonds is 6. The number of aromatic nitrogens is 1. The van der Waals surface area contributed by atoms with Crippen LogP contribution in [0, 0.1) is 0 Å². The van der Waals surface area contributed by atoms with E-state index >= 15 is 0 Å². The predicted molar refractivity (Wildman–Crippen MR) is 99.0 cm³/mol. The molecule has 1 aliphatic heterocycles. The first kappa shape index (κ1) is 17.4. The number of hydrogen-bond acceptors (Lipinski definition) is 3. The van der Waals surface area contributed by atoms with Crippen molar-refractivity contribution >= 4 is 11.7 Å². The number of aryl methyl sites for hydroxylation is 1. The van der Waals surface area contributed by atoms with E-state index in [1.807, 2.05) is 43.6 Å². The summed E-state index contributed by atoms with van der Waals surface area (Å²) in [5.74, 6) is 0.649. The molecule has 1 aromatic carbocycles. The Hall–Kier alpha value is -2.47. The van der Waals surface area contributed by atoms with Crippen LogP contribution < -0.4 is 15.4 Å². The summed E-state index contributed by atoms with van der Waals surface area (Å²) in [6.07, 6.45) is 4.48. The van der Waals surface area contributed by atoms with Crippen LogP contribution in [0.3, 0.4) is 0 Å². The maximum absolute atomic E-state index is 12.4. The fourth-order valence-corrected chi connectivity index (χ4v) is 3.40. The zero-order valence-corrected chi connectivity index (χ0v) is 14.9. The van der Waals surface area contributed by atoms with Crippen molar-refractivity contribution in [3.63, 3.8) is 0 Å². The number of hydrogen-bond donors (Lipinski definition) is 2. The van der Waals surface area contributed by atoms with Crippen LogP contribution >= 0.6 is 0 Å². The minimum atomic E-state index is -0.220. The number of likely N-dealkylation sites (tertiary alicyclic amines) is 1. The molecular weight excluding hydrogens is 316 g/mol. The van der Waals surface area contributed by atoms with Gasteiger partial charge >= 0.3 is 6.03 Å². The summed E-state index contributed by atoms with van der Waals surface area (Å²) >= 11 is 0. The lowest BCUT2D eigenvalue weighted by molar-refractivity contribution is 0.222. The maximum Gasteiger partial charge on any atom is 0.319 e. The lowest BCUT2D eigenvalue weighted by Crippen LogP contribution is -2.39. The first-order chi connectivity index (χ1) is 12.2. The molecule has 1 aliphatic rings. The molecule has 0 aliphatic carbocycles. The van der Waals surface area contributed by atoms with Gasteiger partial charge in [-0.1, -0.05) is 12.1 Å². The SMILES string of the molecule is COc1ccccc1NC(=O)NCC(c1cccn1C)N1CCCC1. The molecule has 1 saturated heterocycles. The van der Waals surface area contributed by atoms with Crippen LogP contribution in [0.4, 0.5) is 10.5 Å². The molecule has 0 radical (unpaired) electrons. The summed E-state index contributed by atoms with van der Waals surface area (Å²) in [6.45, 7) is 2.72. The summed E-state index contributed by atoms with van der Waals surface area (Å²) in [5.41, 5.74) is 1.89. The second-order valence-electron chi connectivity index (χ2n) is 6.34. The Kier molecular flexibility index (Phi) is 5.60. The average Bonchev–Trinajstić information content (AvgIpc) is 3.28.